The smallest absolute Gasteiger partial charge is 0.402 e. The summed E-state index contributed by atoms with van der Waals surface area (Å²) in [5.41, 5.74) is 0.713. The van der Waals surface area contributed by atoms with Crippen molar-refractivity contribution >= 4 is 23.0 Å². The van der Waals surface area contributed by atoms with Gasteiger partial charge in [0.1, 0.15) is 65.4 Å². The molecule has 1 aromatic heterocycles. The molecule has 18 nitrogen and oxygen atoms in total. The number of benzene rings is 3. The molecule has 6 rings (SSSR count). The van der Waals surface area contributed by atoms with Gasteiger partial charge in [-0.1, -0.05) is 12.1 Å². The summed E-state index contributed by atoms with van der Waals surface area (Å²) >= 11 is 0. The van der Waals surface area contributed by atoms with Gasteiger partial charge in [0, 0.05) is 24.3 Å². The van der Waals surface area contributed by atoms with Crippen LogP contribution in [0.4, 0.5) is 0 Å². The first-order valence-electron chi connectivity index (χ1n) is 16.8. The van der Waals surface area contributed by atoms with Crippen LogP contribution in [0.1, 0.15) is 5.56 Å². The number of ether oxygens (including phenoxy) is 6. The van der Waals surface area contributed by atoms with Crippen molar-refractivity contribution in [2.75, 3.05) is 20.3 Å². The number of hydrogen-bond acceptors (Lipinski definition) is 17. The largest absolute Gasteiger partial charge is 0.508 e. The Labute approximate surface area is 311 Å². The molecule has 10 N–H and O–H groups in total. The van der Waals surface area contributed by atoms with Crippen LogP contribution in [0.25, 0.3) is 28.4 Å². The highest BCUT2D eigenvalue weighted by molar-refractivity contribution is 5.89. The predicted octanol–water partition coefficient (Wildman–Crippen LogP) is 0.128. The summed E-state index contributed by atoms with van der Waals surface area (Å²) in [5.74, 6) is -2.05. The molecule has 18 heteroatoms. The summed E-state index contributed by atoms with van der Waals surface area (Å²) in [6.45, 7) is -1.54. The van der Waals surface area contributed by atoms with Gasteiger partial charge < -0.3 is 79.5 Å². The van der Waals surface area contributed by atoms with E-state index in [0.717, 1.165) is 12.1 Å². The Balaban J connectivity index is 1.34. The summed E-state index contributed by atoms with van der Waals surface area (Å²) in [7, 11) is 1.31. The van der Waals surface area contributed by atoms with Gasteiger partial charge in [-0.25, -0.2) is 9.21 Å². The van der Waals surface area contributed by atoms with Gasteiger partial charge in [-0.3, -0.25) is 0 Å². The second-order valence-corrected chi connectivity index (χ2v) is 12.6. The van der Waals surface area contributed by atoms with E-state index in [4.69, 9.17) is 32.8 Å². The van der Waals surface area contributed by atoms with Crippen molar-refractivity contribution in [2.45, 2.75) is 61.4 Å². The van der Waals surface area contributed by atoms with E-state index < -0.39 is 86.3 Å². The molecule has 0 amide bonds. The zero-order valence-corrected chi connectivity index (χ0v) is 28.9. The number of aromatic hydroxyl groups is 3. The van der Waals surface area contributed by atoms with E-state index >= 15 is 0 Å². The lowest BCUT2D eigenvalue weighted by atomic mass is 9.99. The average Bonchev–Trinajstić information content (AvgIpc) is 3.17. The fourth-order valence-corrected chi connectivity index (χ4v) is 6.01. The van der Waals surface area contributed by atoms with Gasteiger partial charge in [-0.05, 0) is 35.9 Å². The molecule has 2 saturated heterocycles. The normalized spacial score (nSPS) is 28.2. The zero-order valence-electron chi connectivity index (χ0n) is 28.9. The molecule has 2 fully saturated rings. The monoisotopic (exact) mass is 771 g/mol. The number of aliphatic hydroxyl groups is 7. The van der Waals surface area contributed by atoms with Gasteiger partial charge in [0.15, 0.2) is 17.6 Å². The van der Waals surface area contributed by atoms with E-state index in [2.05, 4.69) is 0 Å². The van der Waals surface area contributed by atoms with Crippen molar-refractivity contribution in [3.8, 4) is 45.8 Å². The number of fused-ring (bicyclic) bond motifs is 1. The zero-order chi connectivity index (χ0) is 39.6. The first-order valence-corrected chi connectivity index (χ1v) is 16.8. The van der Waals surface area contributed by atoms with Crippen LogP contribution in [-0.4, -0.2) is 139 Å². The molecular formula is C37H39O18+. The molecular weight excluding hydrogens is 732 g/mol. The number of esters is 1. The fourth-order valence-electron chi connectivity index (χ4n) is 6.01. The highest BCUT2D eigenvalue weighted by atomic mass is 16.7. The number of carbonyl (C=O) groups is 1. The van der Waals surface area contributed by atoms with E-state index in [1.807, 2.05) is 0 Å². The van der Waals surface area contributed by atoms with Crippen LogP contribution in [0.2, 0.25) is 0 Å². The van der Waals surface area contributed by atoms with Crippen molar-refractivity contribution in [3.05, 3.63) is 72.3 Å². The van der Waals surface area contributed by atoms with Crippen LogP contribution in [0.5, 0.6) is 34.5 Å². The van der Waals surface area contributed by atoms with Crippen molar-refractivity contribution in [3.63, 3.8) is 0 Å². The van der Waals surface area contributed by atoms with Crippen LogP contribution in [0, 0.1) is 0 Å². The van der Waals surface area contributed by atoms with Crippen molar-refractivity contribution in [1.82, 2.24) is 0 Å². The molecule has 4 aromatic rings. The molecule has 10 atom stereocenters. The minimum absolute atomic E-state index is 0.0205. The van der Waals surface area contributed by atoms with Crippen LogP contribution in [0.3, 0.4) is 0 Å². The van der Waals surface area contributed by atoms with E-state index in [1.165, 1.54) is 67.8 Å². The van der Waals surface area contributed by atoms with Gasteiger partial charge in [-0.2, -0.15) is 0 Å². The molecule has 3 aromatic carbocycles. The third-order valence-electron chi connectivity index (χ3n) is 8.95. The van der Waals surface area contributed by atoms with Crippen LogP contribution < -0.4 is 14.2 Å². The van der Waals surface area contributed by atoms with E-state index in [-0.39, 0.29) is 51.0 Å². The standard InChI is InChI=1S/C37H38O18/c1-49-24-10-17(5-8-21(24)42)34-25(13-20-22(50-34)11-19(41)12-23(20)51-36-32(47)30(45)29(44)26(14-38)53-36)52-37-33(48)31(46)35(27(15-39)54-37)55-28(43)9-4-16-2-6-18(40)7-3-16/h2-13,26-27,29-33,35-39,44-48H,14-15H2,1H3,(H2-,40,41,42,43)/p+1/t26-,27-,29-,30+,31-,32-,33-,35-,36-,37-/m1/s1. The van der Waals surface area contributed by atoms with Crippen LogP contribution in [0.15, 0.2) is 71.2 Å². The predicted molar refractivity (Wildman–Crippen MR) is 186 cm³/mol. The maximum absolute atomic E-state index is 12.7. The molecule has 2 aliphatic heterocycles. The van der Waals surface area contributed by atoms with Crippen LogP contribution in [-0.2, 0) is 19.0 Å². The van der Waals surface area contributed by atoms with Crippen molar-refractivity contribution in [2.24, 2.45) is 0 Å². The molecule has 55 heavy (non-hydrogen) atoms. The number of aliphatic hydroxyl groups excluding tert-OH is 7. The van der Waals surface area contributed by atoms with Crippen molar-refractivity contribution < 1.29 is 88.7 Å². The molecule has 294 valence electrons. The molecule has 0 unspecified atom stereocenters. The topological polar surface area (TPSA) is 286 Å². The molecule has 0 bridgehead atoms. The molecule has 0 radical (unpaired) electrons. The second-order valence-electron chi connectivity index (χ2n) is 12.6. The van der Waals surface area contributed by atoms with Gasteiger partial charge in [0.25, 0.3) is 0 Å². The lowest BCUT2D eigenvalue weighted by Gasteiger charge is -2.40. The third kappa shape index (κ3) is 8.37. The Morgan fingerprint density at radius 3 is 2.05 bits per heavy atom. The quantitative estimate of drug-likeness (QED) is 0.0551. The number of hydrogen-bond donors (Lipinski definition) is 10. The highest BCUT2D eigenvalue weighted by Gasteiger charge is 2.49. The van der Waals surface area contributed by atoms with Crippen molar-refractivity contribution in [1.29, 1.82) is 0 Å². The third-order valence-corrected chi connectivity index (χ3v) is 8.95. The highest BCUT2D eigenvalue weighted by Crippen LogP contribution is 2.43. The van der Waals surface area contributed by atoms with E-state index in [9.17, 15) is 55.9 Å². The molecule has 0 spiro atoms. The number of methoxy groups -OCH3 is 1. The summed E-state index contributed by atoms with van der Waals surface area (Å²) < 4.78 is 39.9. The Bertz CT molecular complexity index is 2000. The lowest BCUT2D eigenvalue weighted by Crippen LogP contribution is -2.61. The first-order chi connectivity index (χ1) is 26.3. The van der Waals surface area contributed by atoms with Crippen LogP contribution >= 0.6 is 0 Å². The SMILES string of the molecule is COc1cc(-c2[o+]c3cc(O)cc(O[C@@H]4O[C@H](CO)[C@@H](O)[C@H](O)[C@H]4O)c3cc2O[C@@H]2O[C@H](CO)[C@@H](OC(=O)C=Cc3ccc(O)cc3)[C@H](O)[C@H]2O)ccc1O. The minimum atomic E-state index is -1.91. The molecule has 0 aliphatic carbocycles. The Hall–Kier alpha value is -5.28. The number of rotatable bonds is 11. The van der Waals surface area contributed by atoms with E-state index in [1.54, 1.807) is 0 Å². The summed E-state index contributed by atoms with van der Waals surface area (Å²) in [5, 5.41) is 104. The Kier molecular flexibility index (Phi) is 11.9. The number of carbonyl (C=O) groups excluding carboxylic acids is 1. The van der Waals surface area contributed by atoms with Gasteiger partial charge in [0.2, 0.25) is 18.3 Å². The van der Waals surface area contributed by atoms with Gasteiger partial charge in [-0.15, -0.1) is 0 Å². The molecule has 2 aliphatic rings. The van der Waals surface area contributed by atoms with Gasteiger partial charge in [0.05, 0.1) is 32.0 Å². The summed E-state index contributed by atoms with van der Waals surface area (Å²) in [4.78, 5) is 12.7. The summed E-state index contributed by atoms with van der Waals surface area (Å²) in [6, 6.07) is 13.6. The number of phenols is 3. The molecule has 0 saturated carbocycles. The summed E-state index contributed by atoms with van der Waals surface area (Å²) in [6.07, 6.45) is -14.4. The number of phenolic OH excluding ortho intramolecular Hbond substituents is 3. The maximum atomic E-state index is 12.7. The Morgan fingerprint density at radius 2 is 1.38 bits per heavy atom. The average molecular weight is 772 g/mol. The van der Waals surface area contributed by atoms with Gasteiger partial charge >= 0.3 is 17.3 Å². The molecule has 3 heterocycles. The Morgan fingerprint density at radius 1 is 0.727 bits per heavy atom. The minimum Gasteiger partial charge on any atom is -0.508 e. The second kappa shape index (κ2) is 16.6. The first kappa shape index (κ1) is 39.4. The van der Waals surface area contributed by atoms with E-state index in [0.29, 0.717) is 5.56 Å². The lowest BCUT2D eigenvalue weighted by molar-refractivity contribution is -0.280. The fraction of sp³-hybridized carbons (Fsp3) is 0.351. The maximum Gasteiger partial charge on any atom is 0.402 e.